The lowest BCUT2D eigenvalue weighted by Gasteiger charge is -2.01. The lowest BCUT2D eigenvalue weighted by molar-refractivity contribution is -0.385. The summed E-state index contributed by atoms with van der Waals surface area (Å²) in [5, 5.41) is 15.3. The maximum Gasteiger partial charge on any atom is 0.278 e. The van der Waals surface area contributed by atoms with Gasteiger partial charge in [-0.3, -0.25) is 14.9 Å². The van der Waals surface area contributed by atoms with Crippen LogP contribution in [0.15, 0.2) is 58.5 Å². The van der Waals surface area contributed by atoms with Gasteiger partial charge in [0.05, 0.1) is 16.7 Å². The Hall–Kier alpha value is -2.38. The van der Waals surface area contributed by atoms with Gasteiger partial charge in [0.2, 0.25) is 5.91 Å². The van der Waals surface area contributed by atoms with E-state index in [4.69, 9.17) is 11.6 Å². The van der Waals surface area contributed by atoms with Crippen molar-refractivity contribution in [2.75, 3.05) is 5.75 Å². The van der Waals surface area contributed by atoms with E-state index < -0.39 is 4.92 Å². The number of para-hydroxylation sites is 1. The zero-order chi connectivity index (χ0) is 17.4. The zero-order valence-electron chi connectivity index (χ0n) is 12.5. The number of thioether (sulfide) groups is 1. The fraction of sp³-hybridized carbons (Fsp3) is 0.125. The number of hydrazone groups is 1. The summed E-state index contributed by atoms with van der Waals surface area (Å²) in [5.74, 6) is 0.334. The molecule has 0 saturated heterocycles. The first-order chi connectivity index (χ1) is 11.6. The molecule has 2 rings (SSSR count). The van der Waals surface area contributed by atoms with Crippen molar-refractivity contribution in [2.45, 2.75) is 11.3 Å². The predicted molar refractivity (Wildman–Crippen MR) is 95.6 cm³/mol. The highest BCUT2D eigenvalue weighted by Crippen LogP contribution is 2.20. The number of benzene rings is 2. The van der Waals surface area contributed by atoms with Gasteiger partial charge < -0.3 is 0 Å². The number of nitrogens with one attached hydrogen (secondary N) is 1. The molecule has 24 heavy (non-hydrogen) atoms. The molecule has 6 nitrogen and oxygen atoms in total. The van der Waals surface area contributed by atoms with Crippen LogP contribution in [0.2, 0.25) is 5.02 Å². The van der Waals surface area contributed by atoms with Crippen LogP contribution in [0.5, 0.6) is 0 Å². The standard InChI is InChI=1S/C16H14ClN3O3S/c17-13-5-7-14(8-6-13)24-10-9-16(21)19-18-11-12-3-1-2-4-15(12)20(22)23/h1-8,11H,9-10H2,(H,19,21). The molecule has 0 aromatic heterocycles. The van der Waals surface area contributed by atoms with E-state index in [2.05, 4.69) is 10.5 Å². The molecule has 0 bridgehead atoms. The second kappa shape index (κ2) is 9.05. The number of nitrogens with zero attached hydrogens (tertiary/aromatic N) is 2. The van der Waals surface area contributed by atoms with Crippen LogP contribution >= 0.6 is 23.4 Å². The fourth-order valence-electron chi connectivity index (χ4n) is 1.79. The number of rotatable bonds is 7. The summed E-state index contributed by atoms with van der Waals surface area (Å²) in [6.45, 7) is 0. The van der Waals surface area contributed by atoms with Gasteiger partial charge in [-0.15, -0.1) is 11.8 Å². The third-order valence-corrected chi connectivity index (χ3v) is 4.20. The molecule has 8 heteroatoms. The third-order valence-electron chi connectivity index (χ3n) is 2.94. The lowest BCUT2D eigenvalue weighted by Crippen LogP contribution is -2.17. The second-order valence-corrected chi connectivity index (χ2v) is 6.27. The number of nitro benzene ring substituents is 1. The van der Waals surface area contributed by atoms with Gasteiger partial charge in [-0.1, -0.05) is 23.7 Å². The number of carbonyl (C=O) groups excluding carboxylic acids is 1. The van der Waals surface area contributed by atoms with Gasteiger partial charge in [0, 0.05) is 28.2 Å². The van der Waals surface area contributed by atoms with Gasteiger partial charge >= 0.3 is 0 Å². The minimum atomic E-state index is -0.494. The maximum atomic E-state index is 11.7. The van der Waals surface area contributed by atoms with Crippen LogP contribution in [0.1, 0.15) is 12.0 Å². The first kappa shape index (κ1) is 18.0. The highest BCUT2D eigenvalue weighted by atomic mass is 35.5. The summed E-state index contributed by atoms with van der Waals surface area (Å²) in [4.78, 5) is 23.1. The predicted octanol–water partition coefficient (Wildman–Crippen LogP) is 3.88. The Morgan fingerprint density at radius 2 is 1.96 bits per heavy atom. The van der Waals surface area contributed by atoms with Crippen LogP contribution < -0.4 is 5.43 Å². The molecule has 1 N–H and O–H groups in total. The molecule has 0 aliphatic rings. The number of hydrogen-bond donors (Lipinski definition) is 1. The Labute approximate surface area is 148 Å². The monoisotopic (exact) mass is 363 g/mol. The Morgan fingerprint density at radius 3 is 2.67 bits per heavy atom. The van der Waals surface area contributed by atoms with Crippen molar-refractivity contribution in [1.82, 2.24) is 5.43 Å². The third kappa shape index (κ3) is 5.68. The van der Waals surface area contributed by atoms with E-state index >= 15 is 0 Å². The molecular weight excluding hydrogens is 350 g/mol. The average Bonchev–Trinajstić information content (AvgIpc) is 2.57. The van der Waals surface area contributed by atoms with Crippen LogP contribution in [-0.2, 0) is 4.79 Å². The van der Waals surface area contributed by atoms with Crippen LogP contribution in [0.3, 0.4) is 0 Å². The van der Waals surface area contributed by atoms with Crippen molar-refractivity contribution < 1.29 is 9.72 Å². The SMILES string of the molecule is O=C(CCSc1ccc(Cl)cc1)NN=Cc1ccccc1[N+](=O)[O-]. The van der Waals surface area contributed by atoms with Crippen LogP contribution in [0.25, 0.3) is 0 Å². The van der Waals surface area contributed by atoms with E-state index in [9.17, 15) is 14.9 Å². The number of carbonyl (C=O) groups is 1. The molecule has 0 saturated carbocycles. The summed E-state index contributed by atoms with van der Waals surface area (Å²) < 4.78 is 0. The first-order valence-electron chi connectivity index (χ1n) is 7.00. The Bertz CT molecular complexity index is 750. The van der Waals surface area contributed by atoms with Gasteiger partial charge in [-0.2, -0.15) is 5.10 Å². The maximum absolute atomic E-state index is 11.7. The molecule has 1 amide bonds. The normalized spacial score (nSPS) is 10.7. The fourth-order valence-corrected chi connectivity index (χ4v) is 2.76. The lowest BCUT2D eigenvalue weighted by atomic mass is 10.2. The van der Waals surface area contributed by atoms with Crippen molar-refractivity contribution in [1.29, 1.82) is 0 Å². The molecule has 2 aromatic carbocycles. The highest BCUT2D eigenvalue weighted by Gasteiger charge is 2.10. The minimum absolute atomic E-state index is 0.0613. The molecule has 0 aliphatic carbocycles. The van der Waals surface area contributed by atoms with Gasteiger partial charge in [-0.25, -0.2) is 5.43 Å². The average molecular weight is 364 g/mol. The van der Waals surface area contributed by atoms with E-state index in [1.165, 1.54) is 24.0 Å². The van der Waals surface area contributed by atoms with Crippen molar-refractivity contribution in [2.24, 2.45) is 5.10 Å². The molecule has 0 unspecified atom stereocenters. The minimum Gasteiger partial charge on any atom is -0.273 e. The van der Waals surface area contributed by atoms with Crippen molar-refractivity contribution in [3.8, 4) is 0 Å². The number of halogens is 1. The quantitative estimate of drug-likeness (QED) is 0.350. The van der Waals surface area contributed by atoms with Crippen molar-refractivity contribution in [3.05, 3.63) is 69.2 Å². The van der Waals surface area contributed by atoms with Crippen LogP contribution in [0, 0.1) is 10.1 Å². The first-order valence-corrected chi connectivity index (χ1v) is 8.36. The number of nitro groups is 1. The Kier molecular flexibility index (Phi) is 6.77. The van der Waals surface area contributed by atoms with Crippen molar-refractivity contribution >= 4 is 41.2 Å². The summed E-state index contributed by atoms with van der Waals surface area (Å²) in [6, 6.07) is 13.5. The molecule has 0 heterocycles. The summed E-state index contributed by atoms with van der Waals surface area (Å²) >= 11 is 7.34. The molecule has 0 fully saturated rings. The number of amides is 1. The molecule has 0 radical (unpaired) electrons. The summed E-state index contributed by atoms with van der Waals surface area (Å²) in [5.41, 5.74) is 2.64. The topological polar surface area (TPSA) is 84.6 Å². The highest BCUT2D eigenvalue weighted by molar-refractivity contribution is 7.99. The smallest absolute Gasteiger partial charge is 0.273 e. The van der Waals surface area contributed by atoms with Gasteiger partial charge in [0.15, 0.2) is 0 Å². The Balaban J connectivity index is 1.79. The van der Waals surface area contributed by atoms with E-state index in [1.54, 1.807) is 30.3 Å². The largest absolute Gasteiger partial charge is 0.278 e. The zero-order valence-corrected chi connectivity index (χ0v) is 14.1. The Morgan fingerprint density at radius 1 is 1.25 bits per heavy atom. The van der Waals surface area contributed by atoms with Crippen LogP contribution in [-0.4, -0.2) is 22.8 Å². The summed E-state index contributed by atoms with van der Waals surface area (Å²) in [7, 11) is 0. The second-order valence-electron chi connectivity index (χ2n) is 4.66. The molecule has 2 aromatic rings. The van der Waals surface area contributed by atoms with E-state index in [0.717, 1.165) is 4.90 Å². The van der Waals surface area contributed by atoms with Gasteiger partial charge in [0.1, 0.15) is 0 Å². The number of hydrogen-bond acceptors (Lipinski definition) is 5. The van der Waals surface area contributed by atoms with E-state index in [1.807, 2.05) is 12.1 Å². The molecular formula is C16H14ClN3O3S. The molecule has 0 spiro atoms. The van der Waals surface area contributed by atoms with Crippen molar-refractivity contribution in [3.63, 3.8) is 0 Å². The van der Waals surface area contributed by atoms with E-state index in [-0.39, 0.29) is 18.0 Å². The summed E-state index contributed by atoms with van der Waals surface area (Å²) in [6.07, 6.45) is 1.55. The molecule has 0 atom stereocenters. The van der Waals surface area contributed by atoms with Crippen LogP contribution in [0.4, 0.5) is 5.69 Å². The molecule has 124 valence electrons. The van der Waals surface area contributed by atoms with Gasteiger partial charge in [0.25, 0.3) is 5.69 Å². The molecule has 0 aliphatic heterocycles. The van der Waals surface area contributed by atoms with E-state index in [0.29, 0.717) is 16.3 Å². The van der Waals surface area contributed by atoms with Gasteiger partial charge in [-0.05, 0) is 30.3 Å².